The van der Waals surface area contributed by atoms with Crippen LogP contribution in [0.2, 0.25) is 0 Å². The lowest BCUT2D eigenvalue weighted by molar-refractivity contribution is 0.0683. The van der Waals surface area contributed by atoms with Gasteiger partial charge in [0.15, 0.2) is 5.69 Å². The molecule has 0 saturated heterocycles. The minimum absolute atomic E-state index is 0.197. The summed E-state index contributed by atoms with van der Waals surface area (Å²) in [5.74, 6) is -0.870. The minimum Gasteiger partial charge on any atom is -0.345 e. The van der Waals surface area contributed by atoms with Crippen molar-refractivity contribution in [1.29, 1.82) is 0 Å². The normalized spacial score (nSPS) is 13.3. The number of halogens is 1. The molecule has 0 saturated carbocycles. The predicted molar refractivity (Wildman–Crippen MR) is 98.8 cm³/mol. The second-order valence-electron chi connectivity index (χ2n) is 6.49. The summed E-state index contributed by atoms with van der Waals surface area (Å²) in [6.45, 7) is 1.63. The smallest absolute Gasteiger partial charge is 0.272 e. The molecule has 0 aliphatic carbocycles. The molecule has 28 heavy (non-hydrogen) atoms. The summed E-state index contributed by atoms with van der Waals surface area (Å²) in [7, 11) is 0. The molecule has 0 spiro atoms. The van der Waals surface area contributed by atoms with E-state index in [0.29, 0.717) is 25.3 Å². The van der Waals surface area contributed by atoms with E-state index in [4.69, 9.17) is 0 Å². The van der Waals surface area contributed by atoms with Gasteiger partial charge in [0.05, 0.1) is 18.8 Å². The SMILES string of the molecule is O=C(NCc1ccccn1)c1cc2n(n1)CCN(Cc1ccc(F)cc1)C2=O. The first kappa shape index (κ1) is 17.8. The standard InChI is InChI=1S/C20H18FN5O2/c21-15-6-4-14(5-7-15)13-25-9-10-26-18(20(25)28)11-17(24-26)19(27)23-12-16-3-1-2-8-22-16/h1-8,11H,9-10,12-13H2,(H,23,27). The first-order chi connectivity index (χ1) is 13.6. The fraction of sp³-hybridized carbons (Fsp3) is 0.200. The van der Waals surface area contributed by atoms with Gasteiger partial charge in [0.2, 0.25) is 0 Å². The second kappa shape index (κ2) is 7.59. The van der Waals surface area contributed by atoms with Gasteiger partial charge in [-0.3, -0.25) is 19.3 Å². The molecule has 4 rings (SSSR count). The third-order valence-electron chi connectivity index (χ3n) is 4.54. The summed E-state index contributed by atoms with van der Waals surface area (Å²) in [4.78, 5) is 30.9. The molecule has 1 N–H and O–H groups in total. The lowest BCUT2D eigenvalue weighted by Gasteiger charge is -2.27. The highest BCUT2D eigenvalue weighted by Gasteiger charge is 2.27. The van der Waals surface area contributed by atoms with Crippen LogP contribution in [0.1, 0.15) is 32.2 Å². The Morgan fingerprint density at radius 3 is 2.71 bits per heavy atom. The fourth-order valence-electron chi connectivity index (χ4n) is 3.07. The van der Waals surface area contributed by atoms with Crippen molar-refractivity contribution in [2.45, 2.75) is 19.6 Å². The van der Waals surface area contributed by atoms with Gasteiger partial charge in [0.1, 0.15) is 11.5 Å². The average Bonchev–Trinajstić information content (AvgIpc) is 3.16. The van der Waals surface area contributed by atoms with Crippen LogP contribution in [0, 0.1) is 5.82 Å². The van der Waals surface area contributed by atoms with E-state index >= 15 is 0 Å². The van der Waals surface area contributed by atoms with E-state index in [-0.39, 0.29) is 29.9 Å². The van der Waals surface area contributed by atoms with Gasteiger partial charge in [-0.15, -0.1) is 0 Å². The van der Waals surface area contributed by atoms with E-state index in [0.717, 1.165) is 11.3 Å². The number of hydrogen-bond donors (Lipinski definition) is 1. The maximum Gasteiger partial charge on any atom is 0.272 e. The molecule has 3 aromatic rings. The van der Waals surface area contributed by atoms with E-state index in [1.54, 1.807) is 34.0 Å². The Bertz CT molecular complexity index is 1000. The molecule has 0 unspecified atom stereocenters. The van der Waals surface area contributed by atoms with E-state index in [9.17, 15) is 14.0 Å². The lowest BCUT2D eigenvalue weighted by atomic mass is 10.2. The number of fused-ring (bicyclic) bond motifs is 1. The van der Waals surface area contributed by atoms with Crippen LogP contribution in [0.25, 0.3) is 0 Å². The monoisotopic (exact) mass is 379 g/mol. The van der Waals surface area contributed by atoms with E-state index in [1.165, 1.54) is 18.2 Å². The van der Waals surface area contributed by atoms with E-state index in [2.05, 4.69) is 15.4 Å². The van der Waals surface area contributed by atoms with Crippen molar-refractivity contribution in [2.75, 3.05) is 6.54 Å². The second-order valence-corrected chi connectivity index (χ2v) is 6.49. The third-order valence-corrected chi connectivity index (χ3v) is 4.54. The number of hydrogen-bond acceptors (Lipinski definition) is 4. The number of pyridine rings is 1. The van der Waals surface area contributed by atoms with E-state index in [1.807, 2.05) is 12.1 Å². The summed E-state index contributed by atoms with van der Waals surface area (Å²) in [5, 5.41) is 7.01. The highest BCUT2D eigenvalue weighted by atomic mass is 19.1. The largest absolute Gasteiger partial charge is 0.345 e. The zero-order valence-corrected chi connectivity index (χ0v) is 15.0. The van der Waals surface area contributed by atoms with Crippen LogP contribution in [0.15, 0.2) is 54.7 Å². The number of aromatic nitrogens is 3. The summed E-state index contributed by atoms with van der Waals surface area (Å²) < 4.78 is 14.6. The van der Waals surface area contributed by atoms with Crippen LogP contribution < -0.4 is 5.32 Å². The Morgan fingerprint density at radius 1 is 1.14 bits per heavy atom. The molecular weight excluding hydrogens is 361 g/mol. The fourth-order valence-corrected chi connectivity index (χ4v) is 3.07. The topological polar surface area (TPSA) is 80.1 Å². The first-order valence-electron chi connectivity index (χ1n) is 8.90. The number of rotatable bonds is 5. The highest BCUT2D eigenvalue weighted by molar-refractivity contribution is 5.98. The Hall–Kier alpha value is -3.55. The van der Waals surface area contributed by atoms with Crippen molar-refractivity contribution in [3.8, 4) is 0 Å². The number of benzene rings is 1. The van der Waals surface area contributed by atoms with Gasteiger partial charge < -0.3 is 10.2 Å². The van der Waals surface area contributed by atoms with Gasteiger partial charge in [-0.05, 0) is 29.8 Å². The number of amides is 2. The van der Waals surface area contributed by atoms with Gasteiger partial charge in [-0.25, -0.2) is 4.39 Å². The summed E-state index contributed by atoms with van der Waals surface area (Å²) >= 11 is 0. The van der Waals surface area contributed by atoms with Crippen LogP contribution in [0.5, 0.6) is 0 Å². The Balaban J connectivity index is 1.44. The van der Waals surface area contributed by atoms with Crippen molar-refractivity contribution in [2.24, 2.45) is 0 Å². The van der Waals surface area contributed by atoms with Crippen molar-refractivity contribution >= 4 is 11.8 Å². The Labute approximate surface area is 160 Å². The van der Waals surface area contributed by atoms with Crippen LogP contribution in [-0.2, 0) is 19.6 Å². The van der Waals surface area contributed by atoms with E-state index < -0.39 is 0 Å². The summed E-state index contributed by atoms with van der Waals surface area (Å²) in [6, 6.07) is 13.0. The highest BCUT2D eigenvalue weighted by Crippen LogP contribution is 2.17. The number of nitrogens with one attached hydrogen (secondary N) is 1. The van der Waals surface area contributed by atoms with Crippen molar-refractivity contribution in [1.82, 2.24) is 25.0 Å². The molecule has 1 aliphatic heterocycles. The Morgan fingerprint density at radius 2 is 1.96 bits per heavy atom. The summed E-state index contributed by atoms with van der Waals surface area (Å²) in [5.41, 5.74) is 2.15. The molecule has 8 heteroatoms. The molecule has 0 bridgehead atoms. The maximum atomic E-state index is 13.1. The molecule has 3 heterocycles. The molecule has 1 aliphatic rings. The van der Waals surface area contributed by atoms with Crippen LogP contribution in [0.4, 0.5) is 4.39 Å². The number of carbonyl (C=O) groups is 2. The average molecular weight is 379 g/mol. The quantitative estimate of drug-likeness (QED) is 0.735. The molecular formula is C20H18FN5O2. The van der Waals surface area contributed by atoms with Crippen molar-refractivity contribution in [3.05, 3.63) is 83.2 Å². The molecule has 142 valence electrons. The molecule has 2 aromatic heterocycles. The van der Waals surface area contributed by atoms with Gasteiger partial charge >= 0.3 is 0 Å². The Kier molecular flexibility index (Phi) is 4.84. The number of nitrogens with zero attached hydrogens (tertiary/aromatic N) is 4. The number of carbonyl (C=O) groups excluding carboxylic acids is 2. The molecule has 0 atom stereocenters. The maximum absolute atomic E-state index is 13.1. The van der Waals surface area contributed by atoms with Gasteiger partial charge in [-0.2, -0.15) is 5.10 Å². The zero-order chi connectivity index (χ0) is 19.5. The first-order valence-corrected chi connectivity index (χ1v) is 8.90. The third kappa shape index (κ3) is 3.75. The van der Waals surface area contributed by atoms with Crippen molar-refractivity contribution < 1.29 is 14.0 Å². The summed E-state index contributed by atoms with van der Waals surface area (Å²) in [6.07, 6.45) is 1.66. The van der Waals surface area contributed by atoms with Crippen molar-refractivity contribution in [3.63, 3.8) is 0 Å². The van der Waals surface area contributed by atoms with Crippen LogP contribution >= 0.6 is 0 Å². The molecule has 2 amide bonds. The zero-order valence-electron chi connectivity index (χ0n) is 15.0. The van der Waals surface area contributed by atoms with Crippen LogP contribution in [0.3, 0.4) is 0 Å². The predicted octanol–water partition coefficient (Wildman–Crippen LogP) is 2.00. The molecule has 7 nitrogen and oxygen atoms in total. The van der Waals surface area contributed by atoms with Gasteiger partial charge in [-0.1, -0.05) is 18.2 Å². The molecule has 0 fully saturated rings. The van der Waals surface area contributed by atoms with Gasteiger partial charge in [0.25, 0.3) is 11.8 Å². The lowest BCUT2D eigenvalue weighted by Crippen LogP contribution is -2.39. The molecule has 0 radical (unpaired) electrons. The van der Waals surface area contributed by atoms with Gasteiger partial charge in [0, 0.05) is 25.4 Å². The molecule has 1 aromatic carbocycles. The minimum atomic E-state index is -0.356. The van der Waals surface area contributed by atoms with Crippen LogP contribution in [-0.4, -0.2) is 38.0 Å².